The normalized spacial score (nSPS) is 32.9. The fourth-order valence-electron chi connectivity index (χ4n) is 5.77. The second kappa shape index (κ2) is 6.36. The van der Waals surface area contributed by atoms with Gasteiger partial charge in [0.1, 0.15) is 11.5 Å². The molecule has 0 radical (unpaired) electrons. The van der Waals surface area contributed by atoms with Crippen molar-refractivity contribution >= 4 is 17.9 Å². The summed E-state index contributed by atoms with van der Waals surface area (Å²) in [4.78, 5) is 24.2. The molecule has 1 aromatic rings. The van der Waals surface area contributed by atoms with Crippen molar-refractivity contribution in [3.8, 4) is 0 Å². The van der Waals surface area contributed by atoms with Crippen LogP contribution in [0.4, 0.5) is 0 Å². The van der Waals surface area contributed by atoms with E-state index in [1.54, 1.807) is 12.1 Å². The smallest absolute Gasteiger partial charge is 0.262 e. The van der Waals surface area contributed by atoms with E-state index < -0.39 is 0 Å². The Morgan fingerprint density at radius 2 is 1.76 bits per heavy atom. The molecule has 25 heavy (non-hydrogen) atoms. The fraction of sp³-hybridized carbons (Fsp3) is 0.600. The van der Waals surface area contributed by atoms with Gasteiger partial charge in [0.25, 0.3) is 5.91 Å². The molecule has 1 heterocycles. The van der Waals surface area contributed by atoms with Gasteiger partial charge in [-0.2, -0.15) is 0 Å². The lowest BCUT2D eigenvalue weighted by molar-refractivity contribution is -0.133. The van der Waals surface area contributed by atoms with Crippen molar-refractivity contribution in [2.75, 3.05) is 0 Å². The second-order valence-electron chi connectivity index (χ2n) is 8.41. The monoisotopic (exact) mass is 342 g/mol. The third-order valence-electron chi connectivity index (χ3n) is 6.19. The Kier molecular flexibility index (Phi) is 4.18. The van der Waals surface area contributed by atoms with Crippen LogP contribution in [0.5, 0.6) is 0 Å². The summed E-state index contributed by atoms with van der Waals surface area (Å²) in [6, 6.07) is 3.63. The highest BCUT2D eigenvalue weighted by atomic mass is 16.3. The van der Waals surface area contributed by atoms with Gasteiger partial charge in [-0.1, -0.05) is 0 Å². The number of rotatable bonds is 4. The number of hydrogen-bond acceptors (Lipinski definition) is 3. The first-order valence-electron chi connectivity index (χ1n) is 9.33. The van der Waals surface area contributed by atoms with E-state index >= 15 is 0 Å². The number of hydrogen-bond donors (Lipinski definition) is 2. The minimum atomic E-state index is -0.354. The Balaban J connectivity index is 1.26. The molecule has 0 spiro atoms. The highest BCUT2D eigenvalue weighted by molar-refractivity contribution is 5.92. The molecule has 5 rings (SSSR count). The van der Waals surface area contributed by atoms with Crippen molar-refractivity contribution in [2.45, 2.75) is 51.9 Å². The first-order chi connectivity index (χ1) is 12.0. The largest absolute Gasteiger partial charge is 0.462 e. The predicted octanol–water partition coefficient (Wildman–Crippen LogP) is 3.36. The molecule has 0 saturated heterocycles. The Hall–Kier alpha value is -2.04. The molecule has 0 atom stereocenters. The van der Waals surface area contributed by atoms with Gasteiger partial charge in [-0.3, -0.25) is 20.4 Å². The number of nitrogens with one attached hydrogen (secondary N) is 2. The molecule has 134 valence electrons. The minimum Gasteiger partial charge on any atom is -0.462 e. The zero-order valence-electron chi connectivity index (χ0n) is 14.7. The summed E-state index contributed by atoms with van der Waals surface area (Å²) < 4.78 is 5.36. The maximum Gasteiger partial charge on any atom is 0.262 e. The Labute approximate surface area is 148 Å². The molecule has 4 fully saturated rings. The average Bonchev–Trinajstić information content (AvgIpc) is 2.94. The van der Waals surface area contributed by atoms with Crippen LogP contribution in [0.3, 0.4) is 0 Å². The van der Waals surface area contributed by atoms with E-state index in [1.807, 2.05) is 13.0 Å². The van der Waals surface area contributed by atoms with E-state index in [0.717, 1.165) is 23.5 Å². The van der Waals surface area contributed by atoms with E-state index in [-0.39, 0.29) is 17.2 Å². The highest BCUT2D eigenvalue weighted by Gasteiger charge is 2.51. The van der Waals surface area contributed by atoms with E-state index in [0.29, 0.717) is 12.2 Å². The lowest BCUT2D eigenvalue weighted by Crippen LogP contribution is -2.49. The number of carbonyl (C=O) groups excluding carboxylic acids is 2. The Morgan fingerprint density at radius 1 is 1.12 bits per heavy atom. The van der Waals surface area contributed by atoms with Crippen LogP contribution in [-0.2, 0) is 9.59 Å². The second-order valence-corrected chi connectivity index (χ2v) is 8.41. The van der Waals surface area contributed by atoms with Crippen LogP contribution in [0.25, 0.3) is 6.08 Å². The number of aryl methyl sites for hydroxylation is 1. The summed E-state index contributed by atoms with van der Waals surface area (Å²) in [6.07, 6.45) is 11.2. The SMILES string of the molecule is Cc1ccc(/C=C/C(=O)NNC(=O)CC23CC4CC(CC(C4)C2)C3)o1. The average molecular weight is 342 g/mol. The van der Waals surface area contributed by atoms with Crippen LogP contribution < -0.4 is 10.9 Å². The van der Waals surface area contributed by atoms with E-state index in [1.165, 1.54) is 44.6 Å². The Bertz CT molecular complexity index is 668. The maximum atomic E-state index is 12.3. The van der Waals surface area contributed by atoms with Crippen LogP contribution >= 0.6 is 0 Å². The summed E-state index contributed by atoms with van der Waals surface area (Å²) in [7, 11) is 0. The third-order valence-corrected chi connectivity index (χ3v) is 6.19. The van der Waals surface area contributed by atoms with Crippen LogP contribution in [0.15, 0.2) is 22.6 Å². The van der Waals surface area contributed by atoms with Crippen molar-refractivity contribution in [3.63, 3.8) is 0 Å². The number of furan rings is 1. The molecular formula is C20H26N2O3. The zero-order chi connectivity index (χ0) is 17.4. The summed E-state index contributed by atoms with van der Waals surface area (Å²) in [6.45, 7) is 1.85. The van der Waals surface area contributed by atoms with Crippen molar-refractivity contribution in [3.05, 3.63) is 29.7 Å². The molecule has 4 bridgehead atoms. The molecule has 0 aromatic carbocycles. The van der Waals surface area contributed by atoms with Crippen molar-refractivity contribution in [2.24, 2.45) is 23.2 Å². The van der Waals surface area contributed by atoms with Gasteiger partial charge in [0, 0.05) is 12.5 Å². The molecule has 2 amide bonds. The van der Waals surface area contributed by atoms with Gasteiger partial charge in [0.2, 0.25) is 5.91 Å². The van der Waals surface area contributed by atoms with Crippen LogP contribution in [0.1, 0.15) is 56.5 Å². The van der Waals surface area contributed by atoms with Crippen molar-refractivity contribution in [1.82, 2.24) is 10.9 Å². The number of carbonyl (C=O) groups is 2. The molecule has 2 N–H and O–H groups in total. The Morgan fingerprint density at radius 3 is 2.32 bits per heavy atom. The molecule has 0 unspecified atom stereocenters. The molecule has 1 aromatic heterocycles. The lowest BCUT2D eigenvalue weighted by atomic mass is 9.49. The van der Waals surface area contributed by atoms with Crippen molar-refractivity contribution < 1.29 is 14.0 Å². The van der Waals surface area contributed by atoms with Crippen LogP contribution in [0.2, 0.25) is 0 Å². The quantitative estimate of drug-likeness (QED) is 0.651. The molecule has 4 saturated carbocycles. The molecule has 4 aliphatic rings. The lowest BCUT2D eigenvalue weighted by Gasteiger charge is -2.56. The molecule has 0 aliphatic heterocycles. The van der Waals surface area contributed by atoms with Gasteiger partial charge < -0.3 is 4.42 Å². The number of hydrazine groups is 1. The summed E-state index contributed by atoms with van der Waals surface area (Å²) in [5.74, 6) is 3.47. The van der Waals surface area contributed by atoms with Gasteiger partial charge in [-0.25, -0.2) is 0 Å². The summed E-state index contributed by atoms with van der Waals surface area (Å²) >= 11 is 0. The molecule has 4 aliphatic carbocycles. The summed E-state index contributed by atoms with van der Waals surface area (Å²) in [5.41, 5.74) is 5.24. The van der Waals surface area contributed by atoms with E-state index in [9.17, 15) is 9.59 Å². The van der Waals surface area contributed by atoms with Gasteiger partial charge in [-0.15, -0.1) is 0 Å². The zero-order valence-corrected chi connectivity index (χ0v) is 14.7. The first-order valence-corrected chi connectivity index (χ1v) is 9.33. The minimum absolute atomic E-state index is 0.0717. The third kappa shape index (κ3) is 3.65. The molecular weight excluding hydrogens is 316 g/mol. The molecule has 5 nitrogen and oxygen atoms in total. The van der Waals surface area contributed by atoms with Gasteiger partial charge in [-0.05, 0) is 86.8 Å². The highest BCUT2D eigenvalue weighted by Crippen LogP contribution is 2.61. The predicted molar refractivity (Wildman–Crippen MR) is 94.0 cm³/mol. The first kappa shape index (κ1) is 16.4. The van der Waals surface area contributed by atoms with Crippen LogP contribution in [0, 0.1) is 30.1 Å². The fourth-order valence-corrected chi connectivity index (χ4v) is 5.77. The number of amides is 2. The molecule has 5 heteroatoms. The van der Waals surface area contributed by atoms with Gasteiger partial charge in [0.05, 0.1) is 0 Å². The standard InChI is InChI=1S/C20H26N2O3/c1-13-2-3-17(25-13)4-5-18(23)21-22-19(24)12-20-9-14-6-15(10-20)8-16(7-14)11-20/h2-5,14-16H,6-12H2,1H3,(H,21,23)(H,22,24)/b5-4+. The summed E-state index contributed by atoms with van der Waals surface area (Å²) in [5, 5.41) is 0. The van der Waals surface area contributed by atoms with Gasteiger partial charge in [0.15, 0.2) is 0 Å². The maximum absolute atomic E-state index is 12.3. The van der Waals surface area contributed by atoms with E-state index in [4.69, 9.17) is 4.42 Å². The van der Waals surface area contributed by atoms with E-state index in [2.05, 4.69) is 10.9 Å². The topological polar surface area (TPSA) is 71.3 Å². The van der Waals surface area contributed by atoms with Crippen LogP contribution in [-0.4, -0.2) is 11.8 Å². The van der Waals surface area contributed by atoms with Crippen molar-refractivity contribution in [1.29, 1.82) is 0 Å². The van der Waals surface area contributed by atoms with Gasteiger partial charge >= 0.3 is 0 Å².